The van der Waals surface area contributed by atoms with E-state index in [0.717, 1.165) is 4.31 Å². The Morgan fingerprint density at radius 2 is 1.74 bits per heavy atom. The van der Waals surface area contributed by atoms with Crippen molar-refractivity contribution in [2.75, 3.05) is 34.8 Å². The van der Waals surface area contributed by atoms with Gasteiger partial charge in [0, 0.05) is 26.7 Å². The third-order valence-corrected chi connectivity index (χ3v) is 5.98. The zero-order chi connectivity index (χ0) is 20.2. The molecule has 146 valence electrons. The first-order valence-electron chi connectivity index (χ1n) is 8.27. The van der Waals surface area contributed by atoms with Crippen LogP contribution in [0.1, 0.15) is 22.0 Å². The first-order valence-corrected chi connectivity index (χ1v) is 9.71. The average Bonchev–Trinajstić information content (AvgIpc) is 2.67. The van der Waals surface area contributed by atoms with Gasteiger partial charge in [0.25, 0.3) is 5.91 Å². The van der Waals surface area contributed by atoms with Gasteiger partial charge in [-0.25, -0.2) is 12.7 Å². The summed E-state index contributed by atoms with van der Waals surface area (Å²) in [6.45, 7) is 0.0871. The summed E-state index contributed by atoms with van der Waals surface area (Å²) < 4.78 is 30.4. The minimum absolute atomic E-state index is 0.0871. The fourth-order valence-electron chi connectivity index (χ4n) is 2.50. The molecule has 0 fully saturated rings. The van der Waals surface area contributed by atoms with Gasteiger partial charge in [-0.3, -0.25) is 4.79 Å². The van der Waals surface area contributed by atoms with Gasteiger partial charge in [0.15, 0.2) is 0 Å². The lowest BCUT2D eigenvalue weighted by atomic mass is 10.1. The number of methoxy groups -OCH3 is 1. The van der Waals surface area contributed by atoms with Gasteiger partial charge >= 0.3 is 0 Å². The zero-order valence-corrected chi connectivity index (χ0v) is 16.6. The van der Waals surface area contributed by atoms with E-state index < -0.39 is 16.1 Å². The molecule has 2 aromatic rings. The Balaban J connectivity index is 2.10. The van der Waals surface area contributed by atoms with Crippen molar-refractivity contribution in [3.05, 3.63) is 59.7 Å². The van der Waals surface area contributed by atoms with E-state index in [-0.39, 0.29) is 17.3 Å². The lowest BCUT2D eigenvalue weighted by molar-refractivity contribution is 0.0680. The number of rotatable bonds is 7. The van der Waals surface area contributed by atoms with Gasteiger partial charge in [0.2, 0.25) is 10.0 Å². The SMILES string of the molecule is COc1cccc(C(O)CN(C)C(=O)c2ccc(S(=O)(=O)N(C)C)cc2)c1. The van der Waals surface area contributed by atoms with Crippen LogP contribution in [0.5, 0.6) is 5.75 Å². The molecule has 1 amide bonds. The lowest BCUT2D eigenvalue weighted by Gasteiger charge is -2.21. The minimum Gasteiger partial charge on any atom is -0.497 e. The molecule has 0 aliphatic carbocycles. The molecule has 0 bridgehead atoms. The number of carbonyl (C=O) groups excluding carboxylic acids is 1. The minimum atomic E-state index is -3.54. The average molecular weight is 392 g/mol. The third kappa shape index (κ3) is 4.85. The number of aliphatic hydroxyl groups excluding tert-OH is 1. The molecule has 0 radical (unpaired) electrons. The van der Waals surface area contributed by atoms with Crippen molar-refractivity contribution in [3.63, 3.8) is 0 Å². The number of likely N-dealkylation sites (N-methyl/N-ethyl adjacent to an activating group) is 1. The first kappa shape index (κ1) is 20.9. The monoisotopic (exact) mass is 392 g/mol. The lowest BCUT2D eigenvalue weighted by Crippen LogP contribution is -2.31. The molecular formula is C19H24N2O5S. The van der Waals surface area contributed by atoms with Crippen LogP contribution in [0, 0.1) is 0 Å². The molecule has 0 spiro atoms. The molecule has 0 saturated heterocycles. The van der Waals surface area contributed by atoms with Crippen molar-refractivity contribution in [1.82, 2.24) is 9.21 Å². The molecule has 0 aliphatic heterocycles. The Kier molecular flexibility index (Phi) is 6.59. The second-order valence-corrected chi connectivity index (χ2v) is 8.44. The van der Waals surface area contributed by atoms with Crippen molar-refractivity contribution in [3.8, 4) is 5.75 Å². The molecule has 7 nitrogen and oxygen atoms in total. The van der Waals surface area contributed by atoms with Crippen LogP contribution in [0.3, 0.4) is 0 Å². The van der Waals surface area contributed by atoms with Crippen molar-refractivity contribution >= 4 is 15.9 Å². The molecule has 0 saturated carbocycles. The van der Waals surface area contributed by atoms with E-state index in [2.05, 4.69) is 0 Å². The van der Waals surface area contributed by atoms with Gasteiger partial charge in [0.1, 0.15) is 5.75 Å². The summed E-state index contributed by atoms with van der Waals surface area (Å²) in [5, 5.41) is 10.4. The van der Waals surface area contributed by atoms with E-state index in [0.29, 0.717) is 16.9 Å². The number of ether oxygens (including phenoxy) is 1. The van der Waals surface area contributed by atoms with Crippen molar-refractivity contribution in [2.45, 2.75) is 11.0 Å². The summed E-state index contributed by atoms with van der Waals surface area (Å²) in [7, 11) is 2.47. The Hall–Kier alpha value is -2.42. The molecular weight excluding hydrogens is 368 g/mol. The highest BCUT2D eigenvalue weighted by Gasteiger charge is 2.20. The molecule has 2 aromatic carbocycles. The highest BCUT2D eigenvalue weighted by atomic mass is 32.2. The van der Waals surface area contributed by atoms with Gasteiger partial charge in [0.05, 0.1) is 24.7 Å². The molecule has 2 rings (SSSR count). The Bertz CT molecular complexity index is 895. The quantitative estimate of drug-likeness (QED) is 0.776. The largest absolute Gasteiger partial charge is 0.497 e. The highest BCUT2D eigenvalue weighted by molar-refractivity contribution is 7.89. The summed E-state index contributed by atoms with van der Waals surface area (Å²) in [6, 6.07) is 12.7. The number of hydrogen-bond donors (Lipinski definition) is 1. The molecule has 0 aromatic heterocycles. The normalized spacial score (nSPS) is 12.7. The molecule has 1 atom stereocenters. The number of hydrogen-bond acceptors (Lipinski definition) is 5. The van der Waals surface area contributed by atoms with Gasteiger partial charge in [-0.2, -0.15) is 0 Å². The molecule has 0 aliphatic rings. The number of carbonyl (C=O) groups is 1. The standard InChI is InChI=1S/C19H24N2O5S/c1-20(2)27(24,25)17-10-8-14(9-11-17)19(23)21(3)13-18(22)15-6-5-7-16(12-15)26-4/h5-12,18,22H,13H2,1-4H3. The van der Waals surface area contributed by atoms with Crippen LogP contribution >= 0.6 is 0 Å². The molecule has 27 heavy (non-hydrogen) atoms. The zero-order valence-electron chi connectivity index (χ0n) is 15.8. The molecule has 1 N–H and O–H groups in total. The summed E-state index contributed by atoms with van der Waals surface area (Å²) in [5.74, 6) is 0.309. The van der Waals surface area contributed by atoms with Gasteiger partial charge in [-0.15, -0.1) is 0 Å². The third-order valence-electron chi connectivity index (χ3n) is 4.15. The van der Waals surface area contributed by atoms with Crippen molar-refractivity contribution in [1.29, 1.82) is 0 Å². The van der Waals surface area contributed by atoms with E-state index in [4.69, 9.17) is 4.74 Å². The van der Waals surface area contributed by atoms with Crippen LogP contribution in [0.25, 0.3) is 0 Å². The Morgan fingerprint density at radius 1 is 1.11 bits per heavy atom. The summed E-state index contributed by atoms with van der Waals surface area (Å²) in [5.41, 5.74) is 0.981. The summed E-state index contributed by atoms with van der Waals surface area (Å²) in [6.07, 6.45) is -0.873. The molecule has 0 heterocycles. The summed E-state index contributed by atoms with van der Waals surface area (Å²) >= 11 is 0. The first-order chi connectivity index (χ1) is 12.7. The van der Waals surface area contributed by atoms with Gasteiger partial charge < -0.3 is 14.7 Å². The van der Waals surface area contributed by atoms with Crippen LogP contribution in [-0.4, -0.2) is 63.4 Å². The maximum Gasteiger partial charge on any atom is 0.253 e. The maximum absolute atomic E-state index is 12.6. The van der Waals surface area contributed by atoms with Gasteiger partial charge in [-0.05, 0) is 42.0 Å². The van der Waals surface area contributed by atoms with Crippen LogP contribution < -0.4 is 4.74 Å². The van der Waals surface area contributed by atoms with E-state index in [9.17, 15) is 18.3 Å². The van der Waals surface area contributed by atoms with Crippen molar-refractivity contribution in [2.24, 2.45) is 0 Å². The summed E-state index contributed by atoms with van der Waals surface area (Å²) in [4.78, 5) is 14.1. The maximum atomic E-state index is 12.6. The smallest absolute Gasteiger partial charge is 0.253 e. The van der Waals surface area contributed by atoms with Crippen molar-refractivity contribution < 1.29 is 23.1 Å². The van der Waals surface area contributed by atoms with Gasteiger partial charge in [-0.1, -0.05) is 12.1 Å². The Morgan fingerprint density at radius 3 is 2.30 bits per heavy atom. The van der Waals surface area contributed by atoms with Crippen LogP contribution in [0.2, 0.25) is 0 Å². The molecule has 1 unspecified atom stereocenters. The Labute approximate surface area is 159 Å². The number of amides is 1. The fraction of sp³-hybridized carbons (Fsp3) is 0.316. The van der Waals surface area contributed by atoms with E-state index in [1.807, 2.05) is 0 Å². The molecule has 8 heteroatoms. The fourth-order valence-corrected chi connectivity index (χ4v) is 3.40. The number of benzene rings is 2. The number of aliphatic hydroxyl groups is 1. The van der Waals surface area contributed by atoms with E-state index in [1.54, 1.807) is 38.4 Å². The number of nitrogens with zero attached hydrogens (tertiary/aromatic N) is 2. The van der Waals surface area contributed by atoms with Crippen LogP contribution in [0.4, 0.5) is 0 Å². The predicted octanol–water partition coefficient (Wildman–Crippen LogP) is 1.75. The highest BCUT2D eigenvalue weighted by Crippen LogP contribution is 2.21. The predicted molar refractivity (Wildman–Crippen MR) is 102 cm³/mol. The topological polar surface area (TPSA) is 87.1 Å². The van der Waals surface area contributed by atoms with E-state index in [1.165, 1.54) is 43.3 Å². The number of sulfonamides is 1. The second kappa shape index (κ2) is 8.51. The van der Waals surface area contributed by atoms with Crippen LogP contribution in [0.15, 0.2) is 53.4 Å². The van der Waals surface area contributed by atoms with Crippen LogP contribution in [-0.2, 0) is 10.0 Å². The van der Waals surface area contributed by atoms with E-state index >= 15 is 0 Å². The second-order valence-electron chi connectivity index (χ2n) is 6.29.